The first-order valence-corrected chi connectivity index (χ1v) is 8.51. The number of aromatic nitrogens is 2. The molecule has 5 nitrogen and oxygen atoms in total. The molecule has 0 aliphatic carbocycles. The largest absolute Gasteiger partial charge is 0.464 e. The average Bonchev–Trinajstić information content (AvgIpc) is 3.15. The van der Waals surface area contributed by atoms with Crippen LogP contribution in [0.5, 0.6) is 0 Å². The molecule has 5 heteroatoms. The van der Waals surface area contributed by atoms with Crippen molar-refractivity contribution < 1.29 is 9.15 Å². The molecule has 0 bridgehead atoms. The van der Waals surface area contributed by atoms with Crippen LogP contribution >= 0.6 is 0 Å². The molecule has 0 saturated carbocycles. The van der Waals surface area contributed by atoms with Crippen LogP contribution in [0.3, 0.4) is 0 Å². The van der Waals surface area contributed by atoms with Crippen molar-refractivity contribution in [3.8, 4) is 0 Å². The maximum absolute atomic E-state index is 5.86. The summed E-state index contributed by atoms with van der Waals surface area (Å²) in [6.45, 7) is 4.46. The fourth-order valence-electron chi connectivity index (χ4n) is 3.51. The second-order valence-corrected chi connectivity index (χ2v) is 6.58. The topological polar surface area (TPSA) is 43.4 Å². The van der Waals surface area contributed by atoms with E-state index in [1.165, 1.54) is 10.9 Å². The van der Waals surface area contributed by atoms with Crippen LogP contribution in [0.2, 0.25) is 0 Å². The second kappa shape index (κ2) is 6.79. The predicted octanol–water partition coefficient (Wildman–Crippen LogP) is 2.86. The summed E-state index contributed by atoms with van der Waals surface area (Å²) in [6, 6.07) is 8.36. The molecule has 2 aromatic heterocycles. The van der Waals surface area contributed by atoms with Crippen LogP contribution in [0.1, 0.15) is 11.4 Å². The van der Waals surface area contributed by atoms with Crippen LogP contribution in [0.4, 0.5) is 0 Å². The molecule has 1 unspecified atom stereocenters. The summed E-state index contributed by atoms with van der Waals surface area (Å²) in [5.41, 5.74) is 2.31. The molecule has 1 aliphatic heterocycles. The number of nitrogens with zero attached hydrogens (tertiary/aromatic N) is 3. The van der Waals surface area contributed by atoms with Crippen molar-refractivity contribution in [2.45, 2.75) is 13.0 Å². The number of rotatable bonds is 4. The highest BCUT2D eigenvalue weighted by Gasteiger charge is 2.21. The van der Waals surface area contributed by atoms with Gasteiger partial charge in [-0.05, 0) is 30.0 Å². The highest BCUT2D eigenvalue weighted by atomic mass is 16.5. The van der Waals surface area contributed by atoms with Crippen molar-refractivity contribution in [2.24, 2.45) is 13.0 Å². The molecule has 0 radical (unpaired) electrons. The Bertz CT molecular complexity index is 808. The number of fused-ring (bicyclic) bond motifs is 1. The van der Waals surface area contributed by atoms with Crippen LogP contribution in [0, 0.1) is 5.92 Å². The Morgan fingerprint density at radius 3 is 3.12 bits per heavy atom. The van der Waals surface area contributed by atoms with Gasteiger partial charge in [-0.25, -0.2) is 4.98 Å². The Hall–Kier alpha value is -2.11. The van der Waals surface area contributed by atoms with Crippen molar-refractivity contribution in [2.75, 3.05) is 26.3 Å². The van der Waals surface area contributed by atoms with Gasteiger partial charge in [-0.1, -0.05) is 12.1 Å². The third kappa shape index (κ3) is 3.23. The Balaban J connectivity index is 1.48. The average molecular weight is 325 g/mol. The number of imidazole rings is 1. The Morgan fingerprint density at radius 2 is 2.25 bits per heavy atom. The molecule has 0 N–H and O–H groups in total. The van der Waals surface area contributed by atoms with Gasteiger partial charge in [-0.2, -0.15) is 0 Å². The third-order valence-corrected chi connectivity index (χ3v) is 4.80. The fourth-order valence-corrected chi connectivity index (χ4v) is 3.51. The molecule has 4 rings (SSSR count). The van der Waals surface area contributed by atoms with Crippen molar-refractivity contribution in [1.82, 2.24) is 14.5 Å². The summed E-state index contributed by atoms with van der Waals surface area (Å²) < 4.78 is 13.5. The van der Waals surface area contributed by atoms with E-state index in [1.54, 1.807) is 6.26 Å². The molecule has 24 heavy (non-hydrogen) atoms. The maximum Gasteiger partial charge on any atom is 0.134 e. The van der Waals surface area contributed by atoms with Gasteiger partial charge >= 0.3 is 0 Å². The standard InChI is InChI=1S/C19H23N3O2/c1-21-7-6-20-19(21)13-22-8-10-23-14-15(12-22)11-16-3-2-4-18-17(16)5-9-24-18/h2-7,9,15H,8,10-14H2,1H3. The molecule has 0 spiro atoms. The molecular formula is C19H23N3O2. The second-order valence-electron chi connectivity index (χ2n) is 6.58. The van der Waals surface area contributed by atoms with Crippen LogP contribution in [0.15, 0.2) is 47.3 Å². The lowest BCUT2D eigenvalue weighted by atomic mass is 9.97. The first kappa shape index (κ1) is 15.4. The van der Waals surface area contributed by atoms with E-state index in [2.05, 4.69) is 32.7 Å². The third-order valence-electron chi connectivity index (χ3n) is 4.80. The highest BCUT2D eigenvalue weighted by molar-refractivity contribution is 5.80. The van der Waals surface area contributed by atoms with Gasteiger partial charge in [0.1, 0.15) is 11.4 Å². The molecule has 1 aliphatic rings. The molecule has 3 heterocycles. The molecule has 0 amide bonds. The van der Waals surface area contributed by atoms with E-state index in [0.29, 0.717) is 5.92 Å². The molecular weight excluding hydrogens is 302 g/mol. The monoisotopic (exact) mass is 325 g/mol. The minimum Gasteiger partial charge on any atom is -0.464 e. The van der Waals surface area contributed by atoms with Crippen LogP contribution in [0.25, 0.3) is 11.0 Å². The fraction of sp³-hybridized carbons (Fsp3) is 0.421. The smallest absolute Gasteiger partial charge is 0.134 e. The van der Waals surface area contributed by atoms with Crippen molar-refractivity contribution in [3.63, 3.8) is 0 Å². The van der Waals surface area contributed by atoms with E-state index in [1.807, 2.05) is 25.5 Å². The summed E-state index contributed by atoms with van der Waals surface area (Å²) in [5, 5.41) is 1.22. The lowest BCUT2D eigenvalue weighted by Crippen LogP contribution is -2.31. The SMILES string of the molecule is Cn1ccnc1CN1CCOCC(Cc2cccc3occc23)C1. The van der Waals surface area contributed by atoms with Gasteiger partial charge in [0.2, 0.25) is 0 Å². The molecule has 126 valence electrons. The van der Waals surface area contributed by atoms with Gasteiger partial charge in [-0.3, -0.25) is 4.90 Å². The Kier molecular flexibility index (Phi) is 4.36. The Labute approximate surface area is 141 Å². The van der Waals surface area contributed by atoms with Crippen molar-refractivity contribution >= 4 is 11.0 Å². The Morgan fingerprint density at radius 1 is 1.29 bits per heavy atom. The summed E-state index contributed by atoms with van der Waals surface area (Å²) in [4.78, 5) is 6.91. The number of hydrogen-bond acceptors (Lipinski definition) is 4. The number of ether oxygens (including phenoxy) is 1. The molecule has 1 saturated heterocycles. The van der Waals surface area contributed by atoms with E-state index >= 15 is 0 Å². The molecule has 1 atom stereocenters. The van der Waals surface area contributed by atoms with Gasteiger partial charge in [0.25, 0.3) is 0 Å². The quantitative estimate of drug-likeness (QED) is 0.740. The molecule has 1 fully saturated rings. The summed E-state index contributed by atoms with van der Waals surface area (Å²) in [7, 11) is 2.05. The predicted molar refractivity (Wildman–Crippen MR) is 92.7 cm³/mol. The van der Waals surface area contributed by atoms with E-state index in [0.717, 1.165) is 50.7 Å². The number of hydrogen-bond donors (Lipinski definition) is 0. The van der Waals surface area contributed by atoms with Gasteiger partial charge < -0.3 is 13.7 Å². The molecule has 3 aromatic rings. The minimum absolute atomic E-state index is 0.480. The normalized spacial score (nSPS) is 19.6. The number of furan rings is 1. The zero-order chi connectivity index (χ0) is 16.4. The first-order valence-electron chi connectivity index (χ1n) is 8.51. The summed E-state index contributed by atoms with van der Waals surface area (Å²) in [6.07, 6.45) is 6.64. The zero-order valence-corrected chi connectivity index (χ0v) is 14.0. The van der Waals surface area contributed by atoms with Crippen LogP contribution in [-0.4, -0.2) is 40.8 Å². The van der Waals surface area contributed by atoms with E-state index in [9.17, 15) is 0 Å². The zero-order valence-electron chi connectivity index (χ0n) is 14.0. The van der Waals surface area contributed by atoms with Gasteiger partial charge in [-0.15, -0.1) is 0 Å². The van der Waals surface area contributed by atoms with Crippen molar-refractivity contribution in [1.29, 1.82) is 0 Å². The number of benzene rings is 1. The summed E-state index contributed by atoms with van der Waals surface area (Å²) in [5.74, 6) is 1.58. The van der Waals surface area contributed by atoms with E-state index in [4.69, 9.17) is 9.15 Å². The van der Waals surface area contributed by atoms with Gasteiger partial charge in [0.15, 0.2) is 0 Å². The van der Waals surface area contributed by atoms with Crippen LogP contribution < -0.4 is 0 Å². The maximum atomic E-state index is 5.86. The van der Waals surface area contributed by atoms with E-state index < -0.39 is 0 Å². The lowest BCUT2D eigenvalue weighted by Gasteiger charge is -2.23. The first-order chi connectivity index (χ1) is 11.8. The molecule has 1 aromatic carbocycles. The number of aryl methyl sites for hydroxylation is 1. The highest BCUT2D eigenvalue weighted by Crippen LogP contribution is 2.23. The van der Waals surface area contributed by atoms with Gasteiger partial charge in [0.05, 0.1) is 26.0 Å². The van der Waals surface area contributed by atoms with Gasteiger partial charge in [0, 0.05) is 37.9 Å². The minimum atomic E-state index is 0.480. The summed E-state index contributed by atoms with van der Waals surface area (Å²) >= 11 is 0. The lowest BCUT2D eigenvalue weighted by molar-refractivity contribution is 0.121. The van der Waals surface area contributed by atoms with Crippen molar-refractivity contribution in [3.05, 3.63) is 54.3 Å². The van der Waals surface area contributed by atoms with E-state index in [-0.39, 0.29) is 0 Å². The van der Waals surface area contributed by atoms with Crippen LogP contribution in [-0.2, 0) is 24.8 Å².